The van der Waals surface area contributed by atoms with Crippen LogP contribution in [0.15, 0.2) is 30.9 Å². The van der Waals surface area contributed by atoms with E-state index in [4.69, 9.17) is 0 Å². The van der Waals surface area contributed by atoms with Crippen LogP contribution in [0.1, 0.15) is 38.7 Å². The number of carbonyl (C=O) groups is 1. The molecule has 0 unspecified atom stereocenters. The minimum absolute atomic E-state index is 0.0190. The third-order valence-electron chi connectivity index (χ3n) is 3.84. The number of carbonyl (C=O) groups excluding carboxylic acids is 1. The topological polar surface area (TPSA) is 71.8 Å². The van der Waals surface area contributed by atoms with Crippen molar-refractivity contribution in [2.45, 2.75) is 45.6 Å². The molecule has 0 aliphatic heterocycles. The molecule has 0 saturated heterocycles. The lowest BCUT2D eigenvalue weighted by Gasteiger charge is -2.19. The summed E-state index contributed by atoms with van der Waals surface area (Å²) in [6.45, 7) is 4.29. The normalized spacial score (nSPS) is 10.8. The Hall–Kier alpha value is -2.37. The molecule has 0 spiro atoms. The molecule has 124 valence electrons. The molecule has 0 aromatic carbocycles. The third kappa shape index (κ3) is 5.09. The smallest absolute Gasteiger partial charge is 0.224 e. The first-order valence-corrected chi connectivity index (χ1v) is 8.10. The molecule has 2 heterocycles. The van der Waals surface area contributed by atoms with E-state index in [1.54, 1.807) is 23.3 Å². The zero-order valence-corrected chi connectivity index (χ0v) is 14.0. The van der Waals surface area contributed by atoms with Crippen LogP contribution < -0.4 is 10.6 Å². The van der Waals surface area contributed by atoms with E-state index in [2.05, 4.69) is 34.6 Å². The summed E-state index contributed by atoms with van der Waals surface area (Å²) in [4.78, 5) is 16.3. The fourth-order valence-corrected chi connectivity index (χ4v) is 2.40. The minimum atomic E-state index is -0.0190. The summed E-state index contributed by atoms with van der Waals surface area (Å²) < 4.78 is 1.74. The first kappa shape index (κ1) is 17.0. The van der Waals surface area contributed by atoms with Crippen molar-refractivity contribution in [2.24, 2.45) is 7.05 Å². The lowest BCUT2D eigenvalue weighted by atomic mass is 10.1. The highest BCUT2D eigenvalue weighted by atomic mass is 16.1. The number of aryl methyl sites for hydroxylation is 2. The molecule has 2 aromatic heterocycles. The first-order valence-electron chi connectivity index (χ1n) is 8.10. The molecule has 0 aliphatic rings. The molecule has 6 nitrogen and oxygen atoms in total. The summed E-state index contributed by atoms with van der Waals surface area (Å²) in [5.74, 6) is -0.0190. The third-order valence-corrected chi connectivity index (χ3v) is 3.84. The van der Waals surface area contributed by atoms with Crippen LogP contribution in [-0.4, -0.2) is 26.7 Å². The Morgan fingerprint density at radius 2 is 2.04 bits per heavy atom. The molecule has 1 amide bonds. The van der Waals surface area contributed by atoms with Gasteiger partial charge in [-0.2, -0.15) is 5.10 Å². The monoisotopic (exact) mass is 315 g/mol. The number of anilines is 2. The predicted octanol–water partition coefficient (Wildman–Crippen LogP) is 2.99. The number of amides is 1. The van der Waals surface area contributed by atoms with Crippen LogP contribution in [0.3, 0.4) is 0 Å². The van der Waals surface area contributed by atoms with E-state index in [1.807, 2.05) is 19.3 Å². The molecule has 23 heavy (non-hydrogen) atoms. The van der Waals surface area contributed by atoms with Gasteiger partial charge in [-0.25, -0.2) is 0 Å². The van der Waals surface area contributed by atoms with E-state index in [-0.39, 0.29) is 5.91 Å². The second-order valence-corrected chi connectivity index (χ2v) is 5.65. The van der Waals surface area contributed by atoms with Crippen LogP contribution in [0, 0.1) is 0 Å². The van der Waals surface area contributed by atoms with Crippen molar-refractivity contribution in [2.75, 3.05) is 10.6 Å². The van der Waals surface area contributed by atoms with Crippen molar-refractivity contribution < 1.29 is 4.79 Å². The number of hydrogen-bond acceptors (Lipinski definition) is 4. The quantitative estimate of drug-likeness (QED) is 0.785. The highest BCUT2D eigenvalue weighted by Crippen LogP contribution is 2.22. The van der Waals surface area contributed by atoms with Gasteiger partial charge >= 0.3 is 0 Å². The number of nitrogens with one attached hydrogen (secondary N) is 2. The van der Waals surface area contributed by atoms with Crippen molar-refractivity contribution >= 4 is 17.3 Å². The molecule has 2 N–H and O–H groups in total. The SMILES string of the molecule is CCC(CC)Nc1ccncc1NC(=O)CCc1cnn(C)c1. The van der Waals surface area contributed by atoms with Gasteiger partial charge in [0.15, 0.2) is 0 Å². The molecule has 0 aliphatic carbocycles. The summed E-state index contributed by atoms with van der Waals surface area (Å²) in [7, 11) is 1.87. The van der Waals surface area contributed by atoms with Crippen molar-refractivity contribution in [3.05, 3.63) is 36.4 Å². The molecule has 0 atom stereocenters. The Bertz CT molecular complexity index is 633. The van der Waals surface area contributed by atoms with Crippen molar-refractivity contribution in [3.63, 3.8) is 0 Å². The van der Waals surface area contributed by atoms with Crippen molar-refractivity contribution in [3.8, 4) is 0 Å². The number of aromatic nitrogens is 3. The Kier molecular flexibility index (Phi) is 6.14. The van der Waals surface area contributed by atoms with Gasteiger partial charge in [0, 0.05) is 31.9 Å². The van der Waals surface area contributed by atoms with E-state index in [0.717, 1.165) is 29.8 Å². The zero-order chi connectivity index (χ0) is 16.7. The fourth-order valence-electron chi connectivity index (χ4n) is 2.40. The summed E-state index contributed by atoms with van der Waals surface area (Å²) >= 11 is 0. The Balaban J connectivity index is 1.94. The second-order valence-electron chi connectivity index (χ2n) is 5.65. The lowest BCUT2D eigenvalue weighted by Crippen LogP contribution is -2.20. The lowest BCUT2D eigenvalue weighted by molar-refractivity contribution is -0.116. The minimum Gasteiger partial charge on any atom is -0.381 e. The van der Waals surface area contributed by atoms with Crippen LogP contribution in [0.4, 0.5) is 11.4 Å². The van der Waals surface area contributed by atoms with Gasteiger partial charge in [0.2, 0.25) is 5.91 Å². The van der Waals surface area contributed by atoms with Crippen LogP contribution in [0.2, 0.25) is 0 Å². The standard InChI is InChI=1S/C17H25N5O/c1-4-14(5-2)20-15-8-9-18-11-16(15)21-17(23)7-6-13-10-19-22(3)12-13/h8-12,14H,4-7H2,1-3H3,(H,18,20)(H,21,23). The van der Waals surface area contributed by atoms with E-state index in [1.165, 1.54) is 0 Å². The van der Waals surface area contributed by atoms with Gasteiger partial charge in [-0.05, 0) is 30.9 Å². The summed E-state index contributed by atoms with van der Waals surface area (Å²) in [5.41, 5.74) is 2.71. The average molecular weight is 315 g/mol. The maximum Gasteiger partial charge on any atom is 0.224 e. The van der Waals surface area contributed by atoms with E-state index < -0.39 is 0 Å². The molecular formula is C17H25N5O. The average Bonchev–Trinajstić information content (AvgIpc) is 2.97. The maximum atomic E-state index is 12.2. The van der Waals surface area contributed by atoms with Crippen LogP contribution >= 0.6 is 0 Å². The van der Waals surface area contributed by atoms with Gasteiger partial charge in [0.1, 0.15) is 0 Å². The maximum absolute atomic E-state index is 12.2. The summed E-state index contributed by atoms with van der Waals surface area (Å²) in [5, 5.41) is 10.5. The van der Waals surface area contributed by atoms with Crippen LogP contribution in [0.25, 0.3) is 0 Å². The van der Waals surface area contributed by atoms with E-state index in [9.17, 15) is 4.79 Å². The fraction of sp³-hybridized carbons (Fsp3) is 0.471. The number of pyridine rings is 1. The first-order chi connectivity index (χ1) is 11.1. The number of hydrogen-bond donors (Lipinski definition) is 2. The van der Waals surface area contributed by atoms with E-state index in [0.29, 0.717) is 18.9 Å². The molecule has 6 heteroatoms. The number of rotatable bonds is 8. The Labute approximate surface area is 137 Å². The van der Waals surface area contributed by atoms with Gasteiger partial charge in [0.05, 0.1) is 23.8 Å². The Morgan fingerprint density at radius 1 is 1.26 bits per heavy atom. The zero-order valence-electron chi connectivity index (χ0n) is 14.0. The van der Waals surface area contributed by atoms with Gasteiger partial charge in [-0.3, -0.25) is 14.5 Å². The molecule has 0 saturated carbocycles. The Morgan fingerprint density at radius 3 is 2.70 bits per heavy atom. The predicted molar refractivity (Wildman–Crippen MR) is 92.4 cm³/mol. The molecule has 0 bridgehead atoms. The second kappa shape index (κ2) is 8.31. The van der Waals surface area contributed by atoms with Crippen LogP contribution in [-0.2, 0) is 18.3 Å². The number of nitrogens with zero attached hydrogens (tertiary/aromatic N) is 3. The van der Waals surface area contributed by atoms with Gasteiger partial charge in [-0.15, -0.1) is 0 Å². The van der Waals surface area contributed by atoms with Crippen molar-refractivity contribution in [1.82, 2.24) is 14.8 Å². The molecule has 2 rings (SSSR count). The molecular weight excluding hydrogens is 290 g/mol. The van der Waals surface area contributed by atoms with Gasteiger partial charge in [0.25, 0.3) is 0 Å². The molecule has 0 fully saturated rings. The molecule has 2 aromatic rings. The van der Waals surface area contributed by atoms with Crippen molar-refractivity contribution in [1.29, 1.82) is 0 Å². The van der Waals surface area contributed by atoms with Gasteiger partial charge < -0.3 is 10.6 Å². The van der Waals surface area contributed by atoms with Gasteiger partial charge in [-0.1, -0.05) is 13.8 Å². The summed E-state index contributed by atoms with van der Waals surface area (Å²) in [6.07, 6.45) is 10.3. The molecule has 0 radical (unpaired) electrons. The summed E-state index contributed by atoms with van der Waals surface area (Å²) in [6, 6.07) is 2.29. The van der Waals surface area contributed by atoms with Crippen LogP contribution in [0.5, 0.6) is 0 Å². The highest BCUT2D eigenvalue weighted by molar-refractivity contribution is 5.94. The largest absolute Gasteiger partial charge is 0.381 e. The van der Waals surface area contributed by atoms with E-state index >= 15 is 0 Å². The highest BCUT2D eigenvalue weighted by Gasteiger charge is 2.10.